The first kappa shape index (κ1) is 14.9. The normalized spacial score (nSPS) is 11.3. The number of aryl methyl sites for hydroxylation is 2. The van der Waals surface area contributed by atoms with E-state index in [1.54, 1.807) is 0 Å². The van der Waals surface area contributed by atoms with Gasteiger partial charge in [-0.3, -0.25) is 0 Å². The molecule has 0 aliphatic rings. The van der Waals surface area contributed by atoms with Crippen LogP contribution < -0.4 is 5.32 Å². The van der Waals surface area contributed by atoms with Crippen molar-refractivity contribution in [2.24, 2.45) is 0 Å². The van der Waals surface area contributed by atoms with E-state index in [-0.39, 0.29) is 0 Å². The van der Waals surface area contributed by atoms with Gasteiger partial charge in [-0.15, -0.1) is 0 Å². The van der Waals surface area contributed by atoms with Crippen LogP contribution in [0.3, 0.4) is 0 Å². The number of hydrogen-bond donors (Lipinski definition) is 1. The smallest absolute Gasteiger partial charge is 0.223 e. The van der Waals surface area contributed by atoms with E-state index in [1.807, 2.05) is 0 Å². The Kier molecular flexibility index (Phi) is 5.54. The van der Waals surface area contributed by atoms with Crippen LogP contribution in [0.25, 0.3) is 0 Å². The predicted octanol–water partition coefficient (Wildman–Crippen LogP) is 2.44. The average Bonchev–Trinajstić information content (AvgIpc) is 2.26. The van der Waals surface area contributed by atoms with Crippen molar-refractivity contribution in [1.29, 1.82) is 0 Å². The van der Waals surface area contributed by atoms with Gasteiger partial charge in [-0.05, 0) is 38.9 Å². The largest absolute Gasteiger partial charge is 0.353 e. The summed E-state index contributed by atoms with van der Waals surface area (Å²) < 4.78 is 0. The van der Waals surface area contributed by atoms with Crippen LogP contribution in [0, 0.1) is 6.92 Å². The van der Waals surface area contributed by atoms with Gasteiger partial charge in [-0.25, -0.2) is 9.97 Å². The van der Waals surface area contributed by atoms with Crippen molar-refractivity contribution in [2.75, 3.05) is 32.5 Å². The van der Waals surface area contributed by atoms with Crippen LogP contribution in [0.15, 0.2) is 0 Å². The van der Waals surface area contributed by atoms with E-state index in [0.29, 0.717) is 5.92 Å². The zero-order valence-electron chi connectivity index (χ0n) is 12.5. The van der Waals surface area contributed by atoms with Crippen molar-refractivity contribution in [3.63, 3.8) is 0 Å². The maximum Gasteiger partial charge on any atom is 0.223 e. The van der Waals surface area contributed by atoms with Gasteiger partial charge in [0.1, 0.15) is 0 Å². The van der Waals surface area contributed by atoms with Gasteiger partial charge < -0.3 is 10.2 Å². The Bertz CT molecular complexity index is 386. The summed E-state index contributed by atoms with van der Waals surface area (Å²) >= 11 is 0. The first-order chi connectivity index (χ1) is 8.45. The Morgan fingerprint density at radius 1 is 1.22 bits per heavy atom. The van der Waals surface area contributed by atoms with Crippen LogP contribution in [0.4, 0.5) is 5.95 Å². The molecule has 1 rings (SSSR count). The molecule has 4 nitrogen and oxygen atoms in total. The minimum absolute atomic E-state index is 0.482. The Labute approximate surface area is 111 Å². The molecule has 0 unspecified atom stereocenters. The average molecular weight is 250 g/mol. The fraction of sp³-hybridized carbons (Fsp3) is 0.714. The highest BCUT2D eigenvalue weighted by Gasteiger charge is 2.13. The summed E-state index contributed by atoms with van der Waals surface area (Å²) in [5.74, 6) is 1.24. The Hall–Kier alpha value is -1.16. The molecule has 0 atom stereocenters. The second-order valence-electron chi connectivity index (χ2n) is 5.23. The molecule has 0 bridgehead atoms. The predicted molar refractivity (Wildman–Crippen MR) is 77.3 cm³/mol. The monoisotopic (exact) mass is 250 g/mol. The summed E-state index contributed by atoms with van der Waals surface area (Å²) in [7, 11) is 4.13. The van der Waals surface area contributed by atoms with Crippen molar-refractivity contribution in [1.82, 2.24) is 14.9 Å². The van der Waals surface area contributed by atoms with E-state index in [2.05, 4.69) is 62.0 Å². The SMILES string of the molecule is CCc1nc(NCCN(C)C)nc(C)c1C(C)C. The number of aromatic nitrogens is 2. The molecule has 1 aromatic heterocycles. The molecule has 1 heterocycles. The summed E-state index contributed by atoms with van der Waals surface area (Å²) in [6.45, 7) is 10.5. The molecule has 0 aromatic carbocycles. The van der Waals surface area contributed by atoms with Crippen LogP contribution >= 0.6 is 0 Å². The van der Waals surface area contributed by atoms with Crippen LogP contribution in [0.5, 0.6) is 0 Å². The molecule has 18 heavy (non-hydrogen) atoms. The van der Waals surface area contributed by atoms with Gasteiger partial charge in [0.15, 0.2) is 0 Å². The lowest BCUT2D eigenvalue weighted by Gasteiger charge is -2.16. The first-order valence-corrected chi connectivity index (χ1v) is 6.71. The van der Waals surface area contributed by atoms with Gasteiger partial charge in [0.25, 0.3) is 0 Å². The fourth-order valence-electron chi connectivity index (χ4n) is 2.13. The molecular formula is C14H26N4. The number of nitrogens with zero attached hydrogens (tertiary/aromatic N) is 3. The van der Waals surface area contributed by atoms with Gasteiger partial charge in [0.05, 0.1) is 0 Å². The van der Waals surface area contributed by atoms with E-state index in [4.69, 9.17) is 0 Å². The molecule has 0 radical (unpaired) electrons. The Morgan fingerprint density at radius 2 is 1.89 bits per heavy atom. The van der Waals surface area contributed by atoms with Gasteiger partial charge in [-0.2, -0.15) is 0 Å². The minimum Gasteiger partial charge on any atom is -0.353 e. The third-order valence-electron chi connectivity index (χ3n) is 2.97. The number of nitrogens with one attached hydrogen (secondary N) is 1. The first-order valence-electron chi connectivity index (χ1n) is 6.71. The summed E-state index contributed by atoms with van der Waals surface area (Å²) in [6, 6.07) is 0. The minimum atomic E-state index is 0.482. The van der Waals surface area contributed by atoms with Crippen LogP contribution in [0.2, 0.25) is 0 Å². The molecule has 0 amide bonds. The quantitative estimate of drug-likeness (QED) is 0.842. The van der Waals surface area contributed by atoms with Gasteiger partial charge >= 0.3 is 0 Å². The van der Waals surface area contributed by atoms with Crippen LogP contribution in [-0.2, 0) is 6.42 Å². The molecule has 0 aliphatic carbocycles. The molecule has 4 heteroatoms. The van der Waals surface area contributed by atoms with Gasteiger partial charge in [0.2, 0.25) is 5.95 Å². The summed E-state index contributed by atoms with van der Waals surface area (Å²) in [5, 5.41) is 3.29. The number of likely N-dealkylation sites (N-methyl/N-ethyl adjacent to an activating group) is 1. The standard InChI is InChI=1S/C14H26N4/c1-7-12-13(10(2)3)11(4)16-14(17-12)15-8-9-18(5)6/h10H,7-9H2,1-6H3,(H,15,16,17). The Balaban J connectivity index is 2.86. The van der Waals surface area contributed by atoms with Crippen LogP contribution in [-0.4, -0.2) is 42.1 Å². The molecule has 0 saturated carbocycles. The van der Waals surface area contributed by atoms with E-state index in [1.165, 1.54) is 11.3 Å². The molecular weight excluding hydrogens is 224 g/mol. The van der Waals surface area contributed by atoms with Crippen molar-refractivity contribution in [3.05, 3.63) is 17.0 Å². The van der Waals surface area contributed by atoms with Crippen molar-refractivity contribution in [2.45, 2.75) is 40.0 Å². The highest BCUT2D eigenvalue weighted by molar-refractivity contribution is 5.36. The second kappa shape index (κ2) is 6.69. The second-order valence-corrected chi connectivity index (χ2v) is 5.23. The summed E-state index contributed by atoms with van der Waals surface area (Å²) in [5.41, 5.74) is 3.57. The molecule has 1 N–H and O–H groups in total. The van der Waals surface area contributed by atoms with Crippen LogP contribution in [0.1, 0.15) is 43.6 Å². The molecule has 0 spiro atoms. The number of rotatable bonds is 6. The topological polar surface area (TPSA) is 41.1 Å². The Morgan fingerprint density at radius 3 is 2.39 bits per heavy atom. The van der Waals surface area contributed by atoms with E-state index >= 15 is 0 Å². The molecule has 1 aromatic rings. The maximum absolute atomic E-state index is 4.63. The zero-order valence-corrected chi connectivity index (χ0v) is 12.5. The highest BCUT2D eigenvalue weighted by Crippen LogP contribution is 2.22. The third kappa shape index (κ3) is 3.95. The molecule has 0 aliphatic heterocycles. The maximum atomic E-state index is 4.63. The number of hydrogen-bond acceptors (Lipinski definition) is 4. The van der Waals surface area contributed by atoms with E-state index in [9.17, 15) is 0 Å². The van der Waals surface area contributed by atoms with Crippen molar-refractivity contribution < 1.29 is 0 Å². The fourth-order valence-corrected chi connectivity index (χ4v) is 2.13. The van der Waals surface area contributed by atoms with Crippen molar-refractivity contribution in [3.8, 4) is 0 Å². The van der Waals surface area contributed by atoms with Gasteiger partial charge in [0, 0.05) is 24.5 Å². The highest BCUT2D eigenvalue weighted by atomic mass is 15.1. The lowest BCUT2D eigenvalue weighted by Crippen LogP contribution is -2.22. The molecule has 102 valence electrons. The van der Waals surface area contributed by atoms with Gasteiger partial charge in [-0.1, -0.05) is 20.8 Å². The summed E-state index contributed by atoms with van der Waals surface area (Å²) in [6.07, 6.45) is 0.958. The molecule has 0 saturated heterocycles. The van der Waals surface area contributed by atoms with E-state index in [0.717, 1.165) is 31.2 Å². The third-order valence-corrected chi connectivity index (χ3v) is 2.97. The van der Waals surface area contributed by atoms with E-state index < -0.39 is 0 Å². The lowest BCUT2D eigenvalue weighted by molar-refractivity contribution is 0.425. The van der Waals surface area contributed by atoms with Crippen molar-refractivity contribution >= 4 is 5.95 Å². The zero-order chi connectivity index (χ0) is 13.7. The lowest BCUT2D eigenvalue weighted by atomic mass is 9.98. The number of anilines is 1. The summed E-state index contributed by atoms with van der Waals surface area (Å²) in [4.78, 5) is 11.3. The molecule has 0 fully saturated rings.